The predicted octanol–water partition coefficient (Wildman–Crippen LogP) is 5.50. The summed E-state index contributed by atoms with van der Waals surface area (Å²) in [5, 5.41) is 0. The molecule has 4 amide bonds. The number of imide groups is 2. The van der Waals surface area contributed by atoms with Gasteiger partial charge in [-0.1, -0.05) is 17.7 Å². The number of benzene rings is 4. The number of carbonyl (C=O) groups is 4. The zero-order chi connectivity index (χ0) is 31.2. The maximum atomic E-state index is 14.1. The molecule has 0 saturated carbocycles. The number of anilines is 3. The van der Waals surface area contributed by atoms with E-state index in [2.05, 4.69) is 41.0 Å². The van der Waals surface area contributed by atoms with Crippen LogP contribution in [0.2, 0.25) is 0 Å². The minimum atomic E-state index is -0.336. The summed E-state index contributed by atoms with van der Waals surface area (Å²) in [6.45, 7) is 4.47. The van der Waals surface area contributed by atoms with Crippen LogP contribution in [-0.4, -0.2) is 42.2 Å². The SMILES string of the molecule is Cc1ccc2c(c1)CN1CN2Cc2cc(N3C(=O)c4cc5c(cc4C3=O)C3(CCc4cc6c(cc43)C(=O)N(C)C6=O)CC5)ccc21. The number of hydrogen-bond acceptors (Lipinski definition) is 6. The first-order chi connectivity index (χ1) is 22.2. The van der Waals surface area contributed by atoms with Crippen LogP contribution in [0.5, 0.6) is 0 Å². The van der Waals surface area contributed by atoms with E-state index in [0.717, 1.165) is 72.4 Å². The first-order valence-electron chi connectivity index (χ1n) is 16.0. The van der Waals surface area contributed by atoms with Crippen LogP contribution in [0.15, 0.2) is 60.7 Å². The van der Waals surface area contributed by atoms with Gasteiger partial charge in [-0.25, -0.2) is 4.90 Å². The number of carbonyl (C=O) groups excluding carboxylic acids is 4. The van der Waals surface area contributed by atoms with Crippen molar-refractivity contribution in [2.24, 2.45) is 0 Å². The highest BCUT2D eigenvalue weighted by molar-refractivity contribution is 6.34. The minimum Gasteiger partial charge on any atom is -0.349 e. The topological polar surface area (TPSA) is 81.2 Å². The molecule has 0 aromatic heterocycles. The van der Waals surface area contributed by atoms with Gasteiger partial charge in [0.05, 0.1) is 34.6 Å². The molecule has 2 bridgehead atoms. The summed E-state index contributed by atoms with van der Waals surface area (Å²) < 4.78 is 0. The molecule has 46 heavy (non-hydrogen) atoms. The molecule has 1 spiro atoms. The second kappa shape index (κ2) is 8.51. The van der Waals surface area contributed by atoms with Crippen molar-refractivity contribution in [2.75, 3.05) is 28.4 Å². The molecule has 8 heteroatoms. The second-order valence-corrected chi connectivity index (χ2v) is 13.8. The van der Waals surface area contributed by atoms with E-state index < -0.39 is 0 Å². The van der Waals surface area contributed by atoms with Gasteiger partial charge in [-0.05, 0) is 115 Å². The Balaban J connectivity index is 1.01. The highest BCUT2D eigenvalue weighted by Gasteiger charge is 2.49. The number of rotatable bonds is 1. The molecule has 4 aromatic rings. The van der Waals surface area contributed by atoms with Crippen molar-refractivity contribution < 1.29 is 19.2 Å². The van der Waals surface area contributed by atoms with E-state index in [4.69, 9.17) is 0 Å². The number of aryl methyl sites for hydroxylation is 3. The molecule has 4 aliphatic heterocycles. The van der Waals surface area contributed by atoms with Gasteiger partial charge in [-0.2, -0.15) is 0 Å². The Morgan fingerprint density at radius 3 is 1.74 bits per heavy atom. The summed E-state index contributed by atoms with van der Waals surface area (Å²) >= 11 is 0. The Hall–Kier alpha value is -5.24. The Kier molecular flexibility index (Phi) is 4.82. The summed E-state index contributed by atoms with van der Waals surface area (Å²) in [6, 6.07) is 20.3. The summed E-state index contributed by atoms with van der Waals surface area (Å²) in [4.78, 5) is 60.8. The quantitative estimate of drug-likeness (QED) is 0.267. The van der Waals surface area contributed by atoms with E-state index in [0.29, 0.717) is 34.5 Å². The Labute approximate surface area is 265 Å². The highest BCUT2D eigenvalue weighted by Crippen LogP contribution is 2.54. The molecular formula is C38H30N4O4. The Bertz CT molecular complexity index is 2180. The lowest BCUT2D eigenvalue weighted by Gasteiger charge is -2.45. The lowest BCUT2D eigenvalue weighted by atomic mass is 9.75. The standard InChI is InChI=1S/C38H30N4O4/c1-20-3-5-32-23(11-20)17-40-19-41(32)18-24-12-25(4-6-33(24)40)42-36(45)27-14-22-8-10-38(31(22)16-29(27)37(42)46)9-7-21-13-26-28(15-30(21)38)35(44)39(2)34(26)43/h3-6,11-16H,7-10,17-19H2,1-2H3. The molecule has 4 aromatic carbocycles. The minimum absolute atomic E-state index is 0.253. The van der Waals surface area contributed by atoms with E-state index in [9.17, 15) is 19.2 Å². The summed E-state index contributed by atoms with van der Waals surface area (Å²) in [7, 11) is 1.53. The smallest absolute Gasteiger partial charge is 0.266 e. The molecule has 0 radical (unpaired) electrons. The number of amides is 4. The van der Waals surface area contributed by atoms with Gasteiger partial charge in [-0.3, -0.25) is 24.1 Å². The third-order valence-electron chi connectivity index (χ3n) is 11.4. The van der Waals surface area contributed by atoms with E-state index in [1.807, 2.05) is 36.4 Å². The van der Waals surface area contributed by atoms with Crippen LogP contribution in [0.1, 0.15) is 93.2 Å². The van der Waals surface area contributed by atoms with Crippen LogP contribution in [0.3, 0.4) is 0 Å². The van der Waals surface area contributed by atoms with Gasteiger partial charge in [0.2, 0.25) is 0 Å². The van der Waals surface area contributed by atoms with Gasteiger partial charge < -0.3 is 9.80 Å². The molecule has 1 unspecified atom stereocenters. The van der Waals surface area contributed by atoms with Crippen LogP contribution in [0, 0.1) is 6.92 Å². The maximum absolute atomic E-state index is 14.1. The lowest BCUT2D eigenvalue weighted by Crippen LogP contribution is -2.46. The molecule has 1 atom stereocenters. The second-order valence-electron chi connectivity index (χ2n) is 13.8. The van der Waals surface area contributed by atoms with Crippen molar-refractivity contribution >= 4 is 40.7 Å². The molecule has 8 nitrogen and oxygen atoms in total. The molecule has 0 saturated heterocycles. The lowest BCUT2D eigenvalue weighted by molar-refractivity contribution is 0.0692. The van der Waals surface area contributed by atoms with Gasteiger partial charge in [0, 0.05) is 36.9 Å². The molecule has 0 fully saturated rings. The van der Waals surface area contributed by atoms with Crippen LogP contribution in [0.4, 0.5) is 17.1 Å². The van der Waals surface area contributed by atoms with Crippen molar-refractivity contribution in [3.63, 3.8) is 0 Å². The molecule has 226 valence electrons. The van der Waals surface area contributed by atoms with Crippen molar-refractivity contribution in [1.29, 1.82) is 0 Å². The fourth-order valence-corrected chi connectivity index (χ4v) is 9.16. The predicted molar refractivity (Wildman–Crippen MR) is 173 cm³/mol. The average molecular weight is 607 g/mol. The number of fused-ring (bicyclic) bond motifs is 12. The highest BCUT2D eigenvalue weighted by atomic mass is 16.2. The first kappa shape index (κ1) is 26.0. The zero-order valence-corrected chi connectivity index (χ0v) is 25.6. The third-order valence-corrected chi connectivity index (χ3v) is 11.4. The Morgan fingerprint density at radius 1 is 0.587 bits per heavy atom. The largest absolute Gasteiger partial charge is 0.349 e. The van der Waals surface area contributed by atoms with E-state index in [1.165, 1.54) is 33.7 Å². The van der Waals surface area contributed by atoms with Gasteiger partial charge in [0.15, 0.2) is 0 Å². The first-order valence-corrected chi connectivity index (χ1v) is 16.0. The van der Waals surface area contributed by atoms with E-state index in [1.54, 1.807) is 0 Å². The third kappa shape index (κ3) is 3.14. The number of nitrogens with zero attached hydrogens (tertiary/aromatic N) is 4. The molecule has 0 N–H and O–H groups in total. The normalized spacial score (nSPS) is 21.6. The van der Waals surface area contributed by atoms with Crippen LogP contribution >= 0.6 is 0 Å². The van der Waals surface area contributed by atoms with E-state index >= 15 is 0 Å². The zero-order valence-electron chi connectivity index (χ0n) is 25.6. The van der Waals surface area contributed by atoms with Crippen LogP contribution in [0.25, 0.3) is 0 Å². The average Bonchev–Trinajstić information content (AvgIpc) is 3.74. The summed E-state index contributed by atoms with van der Waals surface area (Å²) in [6.07, 6.45) is 3.29. The van der Waals surface area contributed by atoms with Crippen molar-refractivity contribution in [3.8, 4) is 0 Å². The van der Waals surface area contributed by atoms with Gasteiger partial charge in [-0.15, -0.1) is 0 Å². The monoisotopic (exact) mass is 606 g/mol. The summed E-state index contributed by atoms with van der Waals surface area (Å²) in [5.41, 5.74) is 12.5. The molecule has 10 rings (SSSR count). The van der Waals surface area contributed by atoms with Crippen molar-refractivity contribution in [1.82, 2.24) is 4.90 Å². The molecule has 2 aliphatic carbocycles. The van der Waals surface area contributed by atoms with Crippen molar-refractivity contribution in [3.05, 3.63) is 122 Å². The number of hydrogen-bond donors (Lipinski definition) is 0. The fraction of sp³-hybridized carbons (Fsp3) is 0.263. The van der Waals surface area contributed by atoms with Crippen LogP contribution < -0.4 is 14.7 Å². The van der Waals surface area contributed by atoms with Crippen molar-refractivity contribution in [2.45, 2.75) is 51.1 Å². The molecular weight excluding hydrogens is 576 g/mol. The summed E-state index contributed by atoms with van der Waals surface area (Å²) in [5.74, 6) is -1.10. The van der Waals surface area contributed by atoms with E-state index in [-0.39, 0.29) is 29.0 Å². The molecule has 6 aliphatic rings. The van der Waals surface area contributed by atoms with Gasteiger partial charge >= 0.3 is 0 Å². The van der Waals surface area contributed by atoms with Crippen LogP contribution in [-0.2, 0) is 31.3 Å². The van der Waals surface area contributed by atoms with Gasteiger partial charge in [0.25, 0.3) is 23.6 Å². The molecule has 4 heterocycles. The Morgan fingerprint density at radius 2 is 1.11 bits per heavy atom. The van der Waals surface area contributed by atoms with Gasteiger partial charge in [0.1, 0.15) is 0 Å². The fourth-order valence-electron chi connectivity index (χ4n) is 9.16. The maximum Gasteiger partial charge on any atom is 0.266 e.